The Morgan fingerprint density at radius 3 is 3.37 bits per heavy atom. The minimum atomic E-state index is -0.201. The number of H-pyrrole nitrogens is 1. The second kappa shape index (κ2) is 5.23. The minimum Gasteiger partial charge on any atom is -0.353 e. The maximum absolute atomic E-state index is 12.0. The summed E-state index contributed by atoms with van der Waals surface area (Å²) in [5.41, 5.74) is 2.05. The van der Waals surface area contributed by atoms with Gasteiger partial charge in [-0.05, 0) is 6.07 Å². The third kappa shape index (κ3) is 2.65. The Bertz CT molecular complexity index is 546. The molecule has 0 spiro atoms. The number of nitrogens with one attached hydrogen (secondary N) is 3. The largest absolute Gasteiger partial charge is 0.353 e. The number of carbonyl (C=O) groups is 1. The van der Waals surface area contributed by atoms with E-state index in [-0.39, 0.29) is 11.9 Å². The van der Waals surface area contributed by atoms with Gasteiger partial charge in [0.05, 0.1) is 30.3 Å². The average Bonchev–Trinajstić information content (AvgIpc) is 3.08. The van der Waals surface area contributed by atoms with Gasteiger partial charge in [0.25, 0.3) is 0 Å². The Balaban J connectivity index is 1.49. The van der Waals surface area contributed by atoms with Crippen molar-refractivity contribution in [1.29, 1.82) is 0 Å². The summed E-state index contributed by atoms with van der Waals surface area (Å²) in [5, 5.41) is 10.2. The van der Waals surface area contributed by atoms with Gasteiger partial charge in [0, 0.05) is 31.9 Å². The molecular formula is C12H16N6O. The van der Waals surface area contributed by atoms with Gasteiger partial charge in [-0.2, -0.15) is 5.10 Å². The Hall–Kier alpha value is -2.15. The molecule has 1 aliphatic rings. The second-order valence-electron chi connectivity index (χ2n) is 4.53. The number of hydrogen-bond acceptors (Lipinski definition) is 4. The Labute approximate surface area is 110 Å². The first kappa shape index (κ1) is 11.9. The van der Waals surface area contributed by atoms with Crippen molar-refractivity contribution in [2.75, 3.05) is 6.54 Å². The van der Waals surface area contributed by atoms with Gasteiger partial charge in [0.2, 0.25) is 5.91 Å². The monoisotopic (exact) mass is 260 g/mol. The molecular weight excluding hydrogens is 244 g/mol. The lowest BCUT2D eigenvalue weighted by atomic mass is 10.0. The Kier molecular flexibility index (Phi) is 3.28. The van der Waals surface area contributed by atoms with E-state index in [1.54, 1.807) is 17.2 Å². The summed E-state index contributed by atoms with van der Waals surface area (Å²) in [7, 11) is 0. The molecule has 2 aromatic rings. The molecule has 1 aliphatic heterocycles. The highest BCUT2D eigenvalue weighted by Crippen LogP contribution is 2.11. The van der Waals surface area contributed by atoms with Gasteiger partial charge < -0.3 is 10.3 Å². The Morgan fingerprint density at radius 2 is 2.53 bits per heavy atom. The van der Waals surface area contributed by atoms with Crippen LogP contribution in [0.15, 0.2) is 24.8 Å². The number of fused-ring (bicyclic) bond motifs is 1. The van der Waals surface area contributed by atoms with E-state index in [4.69, 9.17) is 0 Å². The number of nitrogens with zero attached hydrogens (tertiary/aromatic N) is 3. The number of aromatic nitrogens is 4. The molecule has 3 N–H and O–H groups in total. The smallest absolute Gasteiger partial charge is 0.237 e. The number of rotatable bonds is 4. The summed E-state index contributed by atoms with van der Waals surface area (Å²) >= 11 is 0. The fourth-order valence-electron chi connectivity index (χ4n) is 2.20. The van der Waals surface area contributed by atoms with E-state index in [0.29, 0.717) is 26.1 Å². The van der Waals surface area contributed by atoms with E-state index < -0.39 is 0 Å². The third-order valence-corrected chi connectivity index (χ3v) is 3.25. The first-order valence-electron chi connectivity index (χ1n) is 6.32. The van der Waals surface area contributed by atoms with Gasteiger partial charge in [-0.15, -0.1) is 0 Å². The molecule has 7 nitrogen and oxygen atoms in total. The molecule has 19 heavy (non-hydrogen) atoms. The summed E-state index contributed by atoms with van der Waals surface area (Å²) < 4.78 is 1.79. The van der Waals surface area contributed by atoms with E-state index in [1.165, 1.54) is 0 Å². The molecule has 100 valence electrons. The standard InChI is InChI=1S/C12H16N6O/c19-12(13-3-5-18-4-1-2-17-18)10-6-9-11(7-14-10)16-8-15-9/h1-2,4,8,10,14H,3,5-7H2,(H,13,19)(H,15,16). The van der Waals surface area contributed by atoms with Gasteiger partial charge in [0.1, 0.15) is 0 Å². The number of aromatic amines is 1. The fraction of sp³-hybridized carbons (Fsp3) is 0.417. The quantitative estimate of drug-likeness (QED) is 0.687. The van der Waals surface area contributed by atoms with Crippen LogP contribution < -0.4 is 10.6 Å². The lowest BCUT2D eigenvalue weighted by Crippen LogP contribution is -2.48. The van der Waals surface area contributed by atoms with Crippen LogP contribution in [-0.2, 0) is 24.3 Å². The summed E-state index contributed by atoms with van der Waals surface area (Å²) in [4.78, 5) is 19.3. The molecule has 1 unspecified atom stereocenters. The molecule has 3 heterocycles. The molecule has 1 atom stereocenters. The fourth-order valence-corrected chi connectivity index (χ4v) is 2.20. The molecule has 0 saturated heterocycles. The molecule has 3 rings (SSSR count). The van der Waals surface area contributed by atoms with Crippen molar-refractivity contribution in [2.45, 2.75) is 25.6 Å². The van der Waals surface area contributed by atoms with Gasteiger partial charge >= 0.3 is 0 Å². The zero-order chi connectivity index (χ0) is 13.1. The van der Waals surface area contributed by atoms with E-state index in [1.807, 2.05) is 12.3 Å². The van der Waals surface area contributed by atoms with Crippen LogP contribution in [0.25, 0.3) is 0 Å². The molecule has 0 radical (unpaired) electrons. The maximum Gasteiger partial charge on any atom is 0.237 e. The number of carbonyl (C=O) groups excluding carboxylic acids is 1. The molecule has 0 aromatic carbocycles. The van der Waals surface area contributed by atoms with Gasteiger partial charge in [-0.1, -0.05) is 0 Å². The normalized spacial score (nSPS) is 18.0. The highest BCUT2D eigenvalue weighted by Gasteiger charge is 2.25. The van der Waals surface area contributed by atoms with Crippen molar-refractivity contribution in [3.8, 4) is 0 Å². The van der Waals surface area contributed by atoms with Crippen LogP contribution in [0.2, 0.25) is 0 Å². The van der Waals surface area contributed by atoms with Crippen LogP contribution in [0.4, 0.5) is 0 Å². The molecule has 0 fully saturated rings. The lowest BCUT2D eigenvalue weighted by Gasteiger charge is -2.22. The van der Waals surface area contributed by atoms with Crippen LogP contribution in [0.1, 0.15) is 11.4 Å². The van der Waals surface area contributed by atoms with Crippen molar-refractivity contribution < 1.29 is 4.79 Å². The van der Waals surface area contributed by atoms with Crippen molar-refractivity contribution >= 4 is 5.91 Å². The predicted octanol–water partition coefficient (Wildman–Crippen LogP) is -0.563. The van der Waals surface area contributed by atoms with Crippen molar-refractivity contribution in [3.05, 3.63) is 36.2 Å². The van der Waals surface area contributed by atoms with Crippen LogP contribution >= 0.6 is 0 Å². The second-order valence-corrected chi connectivity index (χ2v) is 4.53. The number of imidazole rings is 1. The third-order valence-electron chi connectivity index (χ3n) is 3.25. The molecule has 0 aliphatic carbocycles. The van der Waals surface area contributed by atoms with E-state index in [2.05, 4.69) is 25.7 Å². The lowest BCUT2D eigenvalue weighted by molar-refractivity contribution is -0.123. The molecule has 1 amide bonds. The van der Waals surface area contributed by atoms with Gasteiger partial charge in [0.15, 0.2) is 0 Å². The summed E-state index contributed by atoms with van der Waals surface area (Å²) in [5.74, 6) is 0.0146. The van der Waals surface area contributed by atoms with Gasteiger partial charge in [-0.3, -0.25) is 14.8 Å². The average molecular weight is 260 g/mol. The van der Waals surface area contributed by atoms with E-state index >= 15 is 0 Å². The summed E-state index contributed by atoms with van der Waals surface area (Å²) in [6.07, 6.45) is 5.90. The molecule has 2 aromatic heterocycles. The SMILES string of the molecule is O=C(NCCn1cccn1)C1Cc2nc[nH]c2CN1. The highest BCUT2D eigenvalue weighted by molar-refractivity contribution is 5.82. The first-order valence-corrected chi connectivity index (χ1v) is 6.32. The van der Waals surface area contributed by atoms with Crippen molar-refractivity contribution in [2.24, 2.45) is 0 Å². The molecule has 0 saturated carbocycles. The van der Waals surface area contributed by atoms with Crippen LogP contribution in [0.3, 0.4) is 0 Å². The number of amides is 1. The zero-order valence-electron chi connectivity index (χ0n) is 10.5. The van der Waals surface area contributed by atoms with Crippen LogP contribution in [0.5, 0.6) is 0 Å². The van der Waals surface area contributed by atoms with E-state index in [9.17, 15) is 4.79 Å². The maximum atomic E-state index is 12.0. The van der Waals surface area contributed by atoms with Gasteiger partial charge in [-0.25, -0.2) is 4.98 Å². The van der Waals surface area contributed by atoms with E-state index in [0.717, 1.165) is 11.4 Å². The first-order chi connectivity index (χ1) is 9.33. The van der Waals surface area contributed by atoms with Crippen molar-refractivity contribution in [1.82, 2.24) is 30.4 Å². The highest BCUT2D eigenvalue weighted by atomic mass is 16.2. The Morgan fingerprint density at radius 1 is 1.58 bits per heavy atom. The van der Waals surface area contributed by atoms with Crippen molar-refractivity contribution in [3.63, 3.8) is 0 Å². The molecule has 0 bridgehead atoms. The predicted molar refractivity (Wildman–Crippen MR) is 68.2 cm³/mol. The minimum absolute atomic E-state index is 0.0146. The summed E-state index contributed by atoms with van der Waals surface area (Å²) in [6.45, 7) is 1.91. The summed E-state index contributed by atoms with van der Waals surface area (Å²) in [6, 6.07) is 1.66. The topological polar surface area (TPSA) is 87.6 Å². The zero-order valence-corrected chi connectivity index (χ0v) is 10.5. The van der Waals surface area contributed by atoms with Crippen LogP contribution in [0, 0.1) is 0 Å². The molecule has 7 heteroatoms. The van der Waals surface area contributed by atoms with Crippen LogP contribution in [-0.4, -0.2) is 38.2 Å². The number of hydrogen-bond donors (Lipinski definition) is 3.